The van der Waals surface area contributed by atoms with E-state index in [9.17, 15) is 10.2 Å². The highest BCUT2D eigenvalue weighted by Gasteiger charge is 2.44. The number of rotatable bonds is 7. The van der Waals surface area contributed by atoms with Gasteiger partial charge in [0.05, 0.1) is 32.2 Å². The molecular weight excluding hydrogens is 402 g/mol. The van der Waals surface area contributed by atoms with Crippen molar-refractivity contribution in [3.8, 4) is 0 Å². The van der Waals surface area contributed by atoms with Crippen molar-refractivity contribution in [2.24, 2.45) is 0 Å². The molecule has 0 saturated carbocycles. The Hall–Kier alpha value is -2.63. The molecule has 0 bridgehead atoms. The summed E-state index contributed by atoms with van der Waals surface area (Å²) in [6.45, 7) is 1.89. The van der Waals surface area contributed by atoms with Gasteiger partial charge in [-0.25, -0.2) is 15.0 Å². The zero-order valence-corrected chi connectivity index (χ0v) is 16.9. The zero-order chi connectivity index (χ0) is 21.2. The van der Waals surface area contributed by atoms with Crippen LogP contribution < -0.4 is 5.32 Å². The maximum absolute atomic E-state index is 10.6. The lowest BCUT2D eigenvalue weighted by Crippen LogP contribution is -2.33. The quantitative estimate of drug-likeness (QED) is 0.504. The Morgan fingerprint density at radius 1 is 1.13 bits per heavy atom. The number of nitrogens with zero attached hydrogens (tertiary/aromatic N) is 4. The van der Waals surface area contributed by atoms with Crippen LogP contribution in [0.1, 0.15) is 18.2 Å². The maximum atomic E-state index is 10.6. The van der Waals surface area contributed by atoms with E-state index < -0.39 is 24.5 Å². The molecule has 10 nitrogen and oxygen atoms in total. The number of ether oxygens (including phenoxy) is 3. The second kappa shape index (κ2) is 8.85. The van der Waals surface area contributed by atoms with E-state index in [-0.39, 0.29) is 12.6 Å². The second-order valence-electron chi connectivity index (χ2n) is 7.80. The van der Waals surface area contributed by atoms with Gasteiger partial charge < -0.3 is 29.7 Å². The van der Waals surface area contributed by atoms with Crippen molar-refractivity contribution < 1.29 is 24.4 Å². The highest BCUT2D eigenvalue weighted by Crippen LogP contribution is 2.32. The molecule has 1 unspecified atom stereocenters. The van der Waals surface area contributed by atoms with E-state index >= 15 is 0 Å². The molecule has 4 heterocycles. The summed E-state index contributed by atoms with van der Waals surface area (Å²) in [5.41, 5.74) is 2.11. The summed E-state index contributed by atoms with van der Waals surface area (Å²) in [6.07, 6.45) is 0.151. The topological polar surface area (TPSA) is 124 Å². The highest BCUT2D eigenvalue weighted by atomic mass is 16.6. The Kier molecular flexibility index (Phi) is 5.79. The largest absolute Gasteiger partial charge is 0.387 e. The van der Waals surface area contributed by atoms with Crippen LogP contribution in [0.3, 0.4) is 0 Å². The van der Waals surface area contributed by atoms with Crippen molar-refractivity contribution in [1.82, 2.24) is 19.5 Å². The number of nitrogens with one attached hydrogen (secondary N) is 1. The van der Waals surface area contributed by atoms with E-state index in [0.717, 1.165) is 12.0 Å². The monoisotopic (exact) mass is 427 g/mol. The van der Waals surface area contributed by atoms with Crippen molar-refractivity contribution in [3.63, 3.8) is 0 Å². The van der Waals surface area contributed by atoms with Gasteiger partial charge in [0.15, 0.2) is 23.2 Å². The number of benzene rings is 1. The van der Waals surface area contributed by atoms with Gasteiger partial charge in [0, 0.05) is 6.61 Å². The first-order valence-electron chi connectivity index (χ1n) is 10.4. The minimum atomic E-state index is -1.14. The first-order valence-corrected chi connectivity index (χ1v) is 10.4. The molecule has 10 heteroatoms. The molecule has 0 radical (unpaired) electrons. The van der Waals surface area contributed by atoms with Crippen LogP contribution in [-0.2, 0) is 20.8 Å². The fraction of sp³-hybridized carbons (Fsp3) is 0.476. The Morgan fingerprint density at radius 3 is 2.81 bits per heavy atom. The number of hydrogen-bond acceptors (Lipinski definition) is 9. The van der Waals surface area contributed by atoms with Gasteiger partial charge in [-0.2, -0.15) is 0 Å². The molecule has 5 rings (SSSR count). The Morgan fingerprint density at radius 2 is 2.00 bits per heavy atom. The molecule has 0 aliphatic carbocycles. The van der Waals surface area contributed by atoms with E-state index in [2.05, 4.69) is 20.3 Å². The Labute approximate surface area is 178 Å². The van der Waals surface area contributed by atoms with Gasteiger partial charge in [-0.1, -0.05) is 30.3 Å². The summed E-state index contributed by atoms with van der Waals surface area (Å²) in [7, 11) is 0. The van der Waals surface area contributed by atoms with E-state index in [0.29, 0.717) is 36.8 Å². The molecule has 2 fully saturated rings. The SMILES string of the molecule is O[C@@H]1[C@H](O)[C@H](n2cnc3c(NC4CCOC4)ncnc32)O[C@@H]1COCc1ccccc1. The average Bonchev–Trinajstić information content (AvgIpc) is 3.51. The van der Waals surface area contributed by atoms with Crippen LogP contribution in [0.25, 0.3) is 11.2 Å². The summed E-state index contributed by atoms with van der Waals surface area (Å²) in [4.78, 5) is 13.0. The third kappa shape index (κ3) is 4.12. The van der Waals surface area contributed by atoms with Gasteiger partial charge >= 0.3 is 0 Å². The summed E-state index contributed by atoms with van der Waals surface area (Å²) >= 11 is 0. The van der Waals surface area contributed by atoms with Crippen LogP contribution in [0.15, 0.2) is 43.0 Å². The summed E-state index contributed by atoms with van der Waals surface area (Å²) in [6, 6.07) is 9.91. The van der Waals surface area contributed by atoms with Gasteiger partial charge in [0.2, 0.25) is 0 Å². The average molecular weight is 427 g/mol. The molecule has 2 aliphatic heterocycles. The smallest absolute Gasteiger partial charge is 0.167 e. The van der Waals surface area contributed by atoms with Crippen LogP contribution in [0.5, 0.6) is 0 Å². The van der Waals surface area contributed by atoms with E-state index in [1.54, 1.807) is 10.9 Å². The first kappa shape index (κ1) is 20.3. The second-order valence-corrected chi connectivity index (χ2v) is 7.80. The van der Waals surface area contributed by atoms with E-state index in [1.807, 2.05) is 30.3 Å². The number of aliphatic hydroxyl groups is 2. The van der Waals surface area contributed by atoms with Gasteiger partial charge in [-0.15, -0.1) is 0 Å². The summed E-state index contributed by atoms with van der Waals surface area (Å²) in [5.74, 6) is 0.607. The summed E-state index contributed by atoms with van der Waals surface area (Å²) in [5, 5.41) is 24.4. The lowest BCUT2D eigenvalue weighted by Gasteiger charge is -2.17. The molecule has 3 aromatic rings. The number of anilines is 1. The van der Waals surface area contributed by atoms with Gasteiger partial charge in [0.25, 0.3) is 0 Å². The Balaban J connectivity index is 1.29. The molecule has 31 heavy (non-hydrogen) atoms. The van der Waals surface area contributed by atoms with E-state index in [1.165, 1.54) is 6.33 Å². The highest BCUT2D eigenvalue weighted by molar-refractivity contribution is 5.82. The predicted octanol–water partition coefficient (Wildman–Crippen LogP) is 0.863. The van der Waals surface area contributed by atoms with Gasteiger partial charge in [0.1, 0.15) is 24.6 Å². The lowest BCUT2D eigenvalue weighted by molar-refractivity contribution is -0.0682. The molecule has 3 N–H and O–H groups in total. The molecule has 0 amide bonds. The van der Waals surface area contributed by atoms with Crippen LogP contribution in [0.4, 0.5) is 5.82 Å². The number of aromatic nitrogens is 4. The standard InChI is InChI=1S/C21H25N5O5/c27-17-15(10-30-8-13-4-2-1-3-5-13)31-21(18(17)28)26-12-24-16-19(22-11-23-20(16)26)25-14-6-7-29-9-14/h1-5,11-12,14-15,17-18,21,27-28H,6-10H2,(H,22,23,25)/t14?,15-,17+,18+,21-/m1/s1. The number of aliphatic hydroxyl groups excluding tert-OH is 2. The molecule has 2 aliphatic rings. The first-order chi connectivity index (χ1) is 15.2. The molecule has 2 saturated heterocycles. The van der Waals surface area contributed by atoms with Crippen molar-refractivity contribution in [1.29, 1.82) is 0 Å². The van der Waals surface area contributed by atoms with Crippen molar-refractivity contribution in [3.05, 3.63) is 48.5 Å². The fourth-order valence-electron chi connectivity index (χ4n) is 3.95. The minimum absolute atomic E-state index is 0.153. The van der Waals surface area contributed by atoms with Crippen molar-refractivity contribution in [2.75, 3.05) is 25.1 Å². The van der Waals surface area contributed by atoms with Gasteiger partial charge in [-0.3, -0.25) is 4.57 Å². The molecule has 0 spiro atoms. The summed E-state index contributed by atoms with van der Waals surface area (Å²) < 4.78 is 18.7. The van der Waals surface area contributed by atoms with Gasteiger partial charge in [-0.05, 0) is 12.0 Å². The molecule has 1 aromatic carbocycles. The third-order valence-corrected chi connectivity index (χ3v) is 5.63. The normalized spacial score (nSPS) is 28.4. The Bertz CT molecular complexity index is 1010. The van der Waals surface area contributed by atoms with Crippen molar-refractivity contribution >= 4 is 17.0 Å². The maximum Gasteiger partial charge on any atom is 0.167 e. The third-order valence-electron chi connectivity index (χ3n) is 5.63. The van der Waals surface area contributed by atoms with Crippen LogP contribution in [-0.4, -0.2) is 73.9 Å². The predicted molar refractivity (Wildman–Crippen MR) is 110 cm³/mol. The van der Waals surface area contributed by atoms with Crippen LogP contribution in [0.2, 0.25) is 0 Å². The minimum Gasteiger partial charge on any atom is -0.387 e. The van der Waals surface area contributed by atoms with Crippen LogP contribution >= 0.6 is 0 Å². The number of imidazole rings is 1. The molecule has 5 atom stereocenters. The molecule has 164 valence electrons. The van der Waals surface area contributed by atoms with Crippen LogP contribution in [0, 0.1) is 0 Å². The lowest BCUT2D eigenvalue weighted by atomic mass is 10.1. The number of hydrogen-bond donors (Lipinski definition) is 3. The molecular formula is C21H25N5O5. The van der Waals surface area contributed by atoms with E-state index in [4.69, 9.17) is 14.2 Å². The fourth-order valence-corrected chi connectivity index (χ4v) is 3.95. The van der Waals surface area contributed by atoms with Crippen molar-refractivity contribution in [2.45, 2.75) is 43.6 Å². The molecule has 2 aromatic heterocycles. The number of fused-ring (bicyclic) bond motifs is 1. The zero-order valence-electron chi connectivity index (χ0n) is 16.9.